The summed E-state index contributed by atoms with van der Waals surface area (Å²) in [5.74, 6) is 0.646. The van der Waals surface area contributed by atoms with E-state index in [-0.39, 0.29) is 12.5 Å². The molecule has 116 valence electrons. The first kappa shape index (κ1) is 13.6. The molecule has 0 aliphatic carbocycles. The van der Waals surface area contributed by atoms with Crippen LogP contribution in [-0.4, -0.2) is 28.9 Å². The number of carbonyl (C=O) groups is 1. The molecule has 0 bridgehead atoms. The van der Waals surface area contributed by atoms with Gasteiger partial charge in [0.25, 0.3) is 5.91 Å². The number of amides is 1. The van der Waals surface area contributed by atoms with Crippen molar-refractivity contribution < 1.29 is 9.53 Å². The van der Waals surface area contributed by atoms with Gasteiger partial charge in [0.05, 0.1) is 17.1 Å². The van der Waals surface area contributed by atoms with E-state index >= 15 is 0 Å². The Morgan fingerprint density at radius 2 is 2.09 bits per heavy atom. The van der Waals surface area contributed by atoms with Crippen LogP contribution in [0.4, 0.5) is 11.4 Å². The molecule has 1 aliphatic heterocycles. The molecule has 0 unspecified atom stereocenters. The number of imidazole rings is 1. The van der Waals surface area contributed by atoms with Crippen molar-refractivity contribution in [2.75, 3.05) is 24.3 Å². The first-order chi connectivity index (χ1) is 11.0. The maximum atomic E-state index is 11.8. The van der Waals surface area contributed by atoms with Gasteiger partial charge in [0, 0.05) is 25.0 Å². The second-order valence-electron chi connectivity index (χ2n) is 5.73. The number of aromatic nitrogens is 2. The highest BCUT2D eigenvalue weighted by molar-refractivity contribution is 5.98. The van der Waals surface area contributed by atoms with E-state index in [1.165, 1.54) is 0 Å². The number of carbonyl (C=O) groups excluding carboxylic acids is 1. The number of nitrogens with zero attached hydrogens (tertiary/aromatic N) is 3. The zero-order valence-corrected chi connectivity index (χ0v) is 12.9. The lowest BCUT2D eigenvalue weighted by atomic mass is 10.1. The normalized spacial score (nSPS) is 14.0. The molecule has 0 spiro atoms. The Morgan fingerprint density at radius 3 is 2.91 bits per heavy atom. The van der Waals surface area contributed by atoms with Crippen LogP contribution in [0.2, 0.25) is 0 Å². The number of nitrogen functional groups attached to an aromatic ring is 1. The summed E-state index contributed by atoms with van der Waals surface area (Å²) in [6, 6.07) is 7.69. The number of aryl methyl sites for hydroxylation is 1. The van der Waals surface area contributed by atoms with Crippen molar-refractivity contribution in [1.29, 1.82) is 0 Å². The molecule has 0 atom stereocenters. The van der Waals surface area contributed by atoms with Crippen LogP contribution in [0.5, 0.6) is 5.75 Å². The Labute approximate surface area is 133 Å². The van der Waals surface area contributed by atoms with Crippen LogP contribution < -0.4 is 15.4 Å². The van der Waals surface area contributed by atoms with E-state index in [4.69, 9.17) is 10.5 Å². The average molecular weight is 308 g/mol. The van der Waals surface area contributed by atoms with Crippen LogP contribution in [0.15, 0.2) is 36.7 Å². The molecule has 3 aromatic rings. The zero-order chi connectivity index (χ0) is 16.1. The Kier molecular flexibility index (Phi) is 2.81. The van der Waals surface area contributed by atoms with Gasteiger partial charge in [-0.1, -0.05) is 0 Å². The maximum absolute atomic E-state index is 11.8. The van der Waals surface area contributed by atoms with Crippen molar-refractivity contribution in [3.63, 3.8) is 0 Å². The number of pyridine rings is 1. The minimum absolute atomic E-state index is 0.0620. The fourth-order valence-corrected chi connectivity index (χ4v) is 2.72. The Bertz CT molecular complexity index is 906. The van der Waals surface area contributed by atoms with Crippen molar-refractivity contribution in [2.45, 2.75) is 6.92 Å². The minimum Gasteiger partial charge on any atom is -0.482 e. The number of hydrogen-bond donors (Lipinski definition) is 1. The second-order valence-corrected chi connectivity index (χ2v) is 5.73. The predicted molar refractivity (Wildman–Crippen MR) is 88.7 cm³/mol. The molecule has 0 fully saturated rings. The number of anilines is 2. The lowest BCUT2D eigenvalue weighted by Gasteiger charge is -2.26. The van der Waals surface area contributed by atoms with Gasteiger partial charge in [-0.25, -0.2) is 4.98 Å². The van der Waals surface area contributed by atoms with Crippen LogP contribution in [0.1, 0.15) is 5.56 Å². The topological polar surface area (TPSA) is 72.9 Å². The first-order valence-electron chi connectivity index (χ1n) is 7.31. The molecule has 1 aliphatic rings. The van der Waals surface area contributed by atoms with E-state index in [0.717, 1.165) is 33.8 Å². The predicted octanol–water partition coefficient (Wildman–Crippen LogP) is 2.25. The van der Waals surface area contributed by atoms with E-state index in [0.29, 0.717) is 5.75 Å². The minimum atomic E-state index is -0.0620. The van der Waals surface area contributed by atoms with Crippen LogP contribution in [-0.2, 0) is 4.79 Å². The monoisotopic (exact) mass is 308 g/mol. The van der Waals surface area contributed by atoms with Crippen molar-refractivity contribution in [1.82, 2.24) is 9.38 Å². The van der Waals surface area contributed by atoms with Crippen molar-refractivity contribution in [3.8, 4) is 17.0 Å². The van der Waals surface area contributed by atoms with Crippen LogP contribution in [0, 0.1) is 6.92 Å². The molecular formula is C17H16N4O2. The Hall–Kier alpha value is -3.02. The van der Waals surface area contributed by atoms with Gasteiger partial charge >= 0.3 is 0 Å². The molecule has 1 amide bonds. The van der Waals surface area contributed by atoms with Gasteiger partial charge in [0.15, 0.2) is 6.61 Å². The molecule has 6 heteroatoms. The zero-order valence-electron chi connectivity index (χ0n) is 12.9. The highest BCUT2D eigenvalue weighted by Gasteiger charge is 2.22. The van der Waals surface area contributed by atoms with Gasteiger partial charge < -0.3 is 19.8 Å². The van der Waals surface area contributed by atoms with E-state index < -0.39 is 0 Å². The molecule has 2 aromatic heterocycles. The number of rotatable bonds is 1. The summed E-state index contributed by atoms with van der Waals surface area (Å²) in [5, 5.41) is 0. The summed E-state index contributed by atoms with van der Waals surface area (Å²) in [6.07, 6.45) is 3.79. The van der Waals surface area contributed by atoms with Gasteiger partial charge in [-0.05, 0) is 36.8 Å². The fraction of sp³-hybridized carbons (Fsp3) is 0.176. The van der Waals surface area contributed by atoms with E-state index in [1.807, 2.05) is 48.0 Å². The fourth-order valence-electron chi connectivity index (χ4n) is 2.72. The largest absolute Gasteiger partial charge is 0.482 e. The summed E-state index contributed by atoms with van der Waals surface area (Å²) >= 11 is 0. The first-order valence-corrected chi connectivity index (χ1v) is 7.31. The van der Waals surface area contributed by atoms with E-state index in [2.05, 4.69) is 4.98 Å². The molecule has 6 nitrogen and oxygen atoms in total. The lowest BCUT2D eigenvalue weighted by Crippen LogP contribution is -2.35. The molecule has 3 heterocycles. The smallest absolute Gasteiger partial charge is 0.264 e. The van der Waals surface area contributed by atoms with Gasteiger partial charge in [-0.15, -0.1) is 0 Å². The van der Waals surface area contributed by atoms with Crippen LogP contribution >= 0.6 is 0 Å². The van der Waals surface area contributed by atoms with E-state index in [9.17, 15) is 4.79 Å². The van der Waals surface area contributed by atoms with Crippen molar-refractivity contribution in [2.24, 2.45) is 0 Å². The van der Waals surface area contributed by atoms with Gasteiger partial charge in [0.2, 0.25) is 0 Å². The third-order valence-corrected chi connectivity index (χ3v) is 4.18. The maximum Gasteiger partial charge on any atom is 0.264 e. The summed E-state index contributed by atoms with van der Waals surface area (Å²) in [5.41, 5.74) is 11.0. The molecular weight excluding hydrogens is 292 g/mol. The molecule has 0 saturated heterocycles. The number of ether oxygens (including phenoxy) is 1. The Balaban J connectivity index is 1.83. The molecule has 23 heavy (non-hydrogen) atoms. The summed E-state index contributed by atoms with van der Waals surface area (Å²) in [6.45, 7) is 2.04. The van der Waals surface area contributed by atoms with Gasteiger partial charge in [-0.3, -0.25) is 4.79 Å². The SMILES string of the molecule is Cc1cc2nc(-c3ccc4c(c3)N(C)C(=O)CO4)cn2cc1N. The number of likely N-dealkylation sites (N-methyl/N-ethyl adjacent to an activating group) is 1. The van der Waals surface area contributed by atoms with E-state index in [1.54, 1.807) is 11.9 Å². The van der Waals surface area contributed by atoms with Crippen molar-refractivity contribution in [3.05, 3.63) is 42.2 Å². The molecule has 0 saturated carbocycles. The van der Waals surface area contributed by atoms with Crippen LogP contribution in [0.3, 0.4) is 0 Å². The Morgan fingerprint density at radius 1 is 1.26 bits per heavy atom. The third-order valence-electron chi connectivity index (χ3n) is 4.18. The summed E-state index contributed by atoms with van der Waals surface area (Å²) < 4.78 is 7.36. The number of benzene rings is 1. The summed E-state index contributed by atoms with van der Waals surface area (Å²) in [4.78, 5) is 18.0. The number of nitrogens with two attached hydrogens (primary N) is 1. The molecule has 2 N–H and O–H groups in total. The lowest BCUT2D eigenvalue weighted by molar-refractivity contribution is -0.120. The molecule has 1 aromatic carbocycles. The average Bonchev–Trinajstić information content (AvgIpc) is 2.94. The standard InChI is InChI=1S/C17H16N4O2/c1-10-5-16-19-13(8-21(16)7-12(10)18)11-3-4-15-14(6-11)20(2)17(22)9-23-15/h3-8H,9,18H2,1-2H3. The highest BCUT2D eigenvalue weighted by atomic mass is 16.5. The number of hydrogen-bond acceptors (Lipinski definition) is 4. The summed E-state index contributed by atoms with van der Waals surface area (Å²) in [7, 11) is 1.75. The third kappa shape index (κ3) is 2.11. The molecule has 0 radical (unpaired) electrons. The van der Waals surface area contributed by atoms with Gasteiger partial charge in [0.1, 0.15) is 11.4 Å². The second kappa shape index (κ2) is 4.74. The van der Waals surface area contributed by atoms with Crippen LogP contribution in [0.25, 0.3) is 16.9 Å². The molecule has 4 rings (SSSR count). The highest BCUT2D eigenvalue weighted by Crippen LogP contribution is 2.35. The van der Waals surface area contributed by atoms with Gasteiger partial charge in [-0.2, -0.15) is 0 Å². The van der Waals surface area contributed by atoms with Crippen molar-refractivity contribution >= 4 is 22.9 Å². The number of fused-ring (bicyclic) bond motifs is 2. The quantitative estimate of drug-likeness (QED) is 0.748.